The average Bonchev–Trinajstić information content (AvgIpc) is 3.21. The normalized spacial score (nSPS) is 11.1. The number of para-hydroxylation sites is 2. The fourth-order valence-electron chi connectivity index (χ4n) is 3.73. The maximum Gasteiger partial charge on any atom is 2.00 e. The molecule has 2 N–H and O–H groups in total. The Balaban J connectivity index is 0.000000275. The predicted molar refractivity (Wildman–Crippen MR) is 206 cm³/mol. The van der Waals surface area contributed by atoms with Crippen LogP contribution in [0.15, 0.2) is 203 Å². The number of benzene rings is 4. The Labute approximate surface area is 318 Å². The maximum absolute atomic E-state index is 11.6. The van der Waals surface area contributed by atoms with E-state index in [0.29, 0.717) is 0 Å². The van der Waals surface area contributed by atoms with Gasteiger partial charge in [0.25, 0.3) is 0 Å². The van der Waals surface area contributed by atoms with Gasteiger partial charge in [-0.05, 0) is 59.7 Å². The van der Waals surface area contributed by atoms with Crippen LogP contribution < -0.4 is 10.2 Å². The SMILES string of the molecule is [Ni+2].[O-]\C(=N/N=C/C=C/c1ccccc1)c1ccccc1O.[O-]\C(=N/N=C/C=C/c1ccccc1)c1ccccc1O.c1ccncc1.c1ccncc1. The average molecular weight is 747 g/mol. The van der Waals surface area contributed by atoms with Gasteiger partial charge in [0.2, 0.25) is 0 Å². The third-order valence-electron chi connectivity index (χ3n) is 6.18. The molecular weight excluding hydrogens is 711 g/mol. The molecule has 53 heavy (non-hydrogen) atoms. The Morgan fingerprint density at radius 2 is 0.774 bits per heavy atom. The van der Waals surface area contributed by atoms with Gasteiger partial charge in [0.05, 0.1) is 0 Å². The van der Waals surface area contributed by atoms with Crippen LogP contribution in [0, 0.1) is 0 Å². The molecule has 6 rings (SSSR count). The Morgan fingerprint density at radius 1 is 0.453 bits per heavy atom. The van der Waals surface area contributed by atoms with E-state index in [0.717, 1.165) is 11.1 Å². The van der Waals surface area contributed by atoms with Gasteiger partial charge >= 0.3 is 16.5 Å². The van der Waals surface area contributed by atoms with Crippen LogP contribution in [0.4, 0.5) is 0 Å². The number of aromatic hydroxyl groups is 2. The van der Waals surface area contributed by atoms with Crippen LogP contribution in [-0.4, -0.2) is 44.4 Å². The summed E-state index contributed by atoms with van der Waals surface area (Å²) >= 11 is 0. The van der Waals surface area contributed by atoms with Crippen molar-refractivity contribution < 1.29 is 36.9 Å². The van der Waals surface area contributed by atoms with Gasteiger partial charge in [0.1, 0.15) is 11.5 Å². The number of aromatic nitrogens is 2. The molecule has 4 aromatic carbocycles. The molecule has 0 radical (unpaired) electrons. The van der Waals surface area contributed by atoms with Crippen molar-refractivity contribution in [1.82, 2.24) is 9.97 Å². The number of hydrogen-bond acceptors (Lipinski definition) is 10. The van der Waals surface area contributed by atoms with Gasteiger partial charge in [-0.2, -0.15) is 20.4 Å². The molecule has 0 fully saturated rings. The first-order valence-electron chi connectivity index (χ1n) is 15.8. The largest absolute Gasteiger partial charge is 2.00 e. The molecule has 2 aromatic heterocycles. The first-order valence-corrected chi connectivity index (χ1v) is 15.8. The second-order valence-electron chi connectivity index (χ2n) is 9.96. The van der Waals surface area contributed by atoms with Crippen molar-refractivity contribution in [3.05, 3.63) is 205 Å². The predicted octanol–water partition coefficient (Wildman–Crippen LogP) is 6.56. The molecule has 0 atom stereocenters. The number of rotatable bonds is 8. The van der Waals surface area contributed by atoms with Crippen molar-refractivity contribution in [2.45, 2.75) is 0 Å². The first kappa shape index (κ1) is 42.2. The summed E-state index contributed by atoms with van der Waals surface area (Å²) in [4.78, 5) is 7.57. The van der Waals surface area contributed by atoms with E-state index in [9.17, 15) is 20.4 Å². The van der Waals surface area contributed by atoms with Crippen LogP contribution in [0.3, 0.4) is 0 Å². The monoisotopic (exact) mass is 746 g/mol. The summed E-state index contributed by atoms with van der Waals surface area (Å²) in [5.41, 5.74) is 2.34. The minimum Gasteiger partial charge on any atom is -0.857 e. The van der Waals surface area contributed by atoms with E-state index in [1.54, 1.807) is 61.2 Å². The summed E-state index contributed by atoms with van der Waals surface area (Å²) in [6.07, 6.45) is 16.9. The van der Waals surface area contributed by atoms with E-state index < -0.39 is 11.8 Å². The minimum atomic E-state index is -0.576. The van der Waals surface area contributed by atoms with Crippen molar-refractivity contribution in [2.75, 3.05) is 0 Å². The van der Waals surface area contributed by atoms with Gasteiger partial charge in [0.15, 0.2) is 0 Å². The number of phenolic OH excluding ortho intramolecular Hbond substituents is 2. The standard InChI is InChI=1S/2C16H14N2O2.2C5H5N.Ni/c2*19-15-11-5-4-10-14(15)16(20)18-17-12-6-9-13-7-2-1-3-8-13;2*1-2-4-6-5-3-1;/h2*1-12,19H,(H,18,20);2*1-5H;/q;;;;+2/p-2/b2*9-6+,17-12+;;;. The number of pyridine rings is 2. The zero-order chi connectivity index (χ0) is 36.9. The summed E-state index contributed by atoms with van der Waals surface area (Å²) in [6.45, 7) is 0. The second-order valence-corrected chi connectivity index (χ2v) is 9.96. The maximum atomic E-state index is 11.6. The second kappa shape index (κ2) is 26.8. The summed E-state index contributed by atoms with van der Waals surface area (Å²) in [5.74, 6) is -1.35. The number of phenols is 2. The molecular formula is C42H36N6NiO4. The van der Waals surface area contributed by atoms with E-state index in [-0.39, 0.29) is 39.1 Å². The molecule has 268 valence electrons. The molecule has 0 bridgehead atoms. The third-order valence-corrected chi connectivity index (χ3v) is 6.18. The summed E-state index contributed by atoms with van der Waals surface area (Å²) in [5, 5.41) is 56.6. The molecule has 6 aromatic rings. The number of hydrogen-bond donors (Lipinski definition) is 2. The number of allylic oxidation sites excluding steroid dienone is 2. The molecule has 0 aliphatic carbocycles. The third kappa shape index (κ3) is 18.6. The van der Waals surface area contributed by atoms with Crippen LogP contribution in [0.1, 0.15) is 22.3 Å². The molecule has 0 aliphatic heterocycles. The van der Waals surface area contributed by atoms with E-state index in [1.165, 1.54) is 36.7 Å². The van der Waals surface area contributed by atoms with Gasteiger partial charge in [-0.25, -0.2) is 0 Å². The fourth-order valence-corrected chi connectivity index (χ4v) is 3.73. The Hall–Kier alpha value is -6.97. The molecule has 10 nitrogen and oxygen atoms in total. The van der Waals surface area contributed by atoms with Gasteiger partial charge < -0.3 is 20.4 Å². The van der Waals surface area contributed by atoms with Gasteiger partial charge in [-0.15, -0.1) is 0 Å². The summed E-state index contributed by atoms with van der Waals surface area (Å²) in [6, 6.07) is 43.3. The van der Waals surface area contributed by atoms with Crippen LogP contribution in [0.25, 0.3) is 12.2 Å². The van der Waals surface area contributed by atoms with E-state index in [4.69, 9.17) is 0 Å². The van der Waals surface area contributed by atoms with E-state index >= 15 is 0 Å². The van der Waals surface area contributed by atoms with Crippen molar-refractivity contribution in [1.29, 1.82) is 0 Å². The van der Waals surface area contributed by atoms with Crippen LogP contribution >= 0.6 is 0 Å². The van der Waals surface area contributed by atoms with Crippen molar-refractivity contribution in [3.8, 4) is 11.5 Å². The smallest absolute Gasteiger partial charge is 0.857 e. The van der Waals surface area contributed by atoms with Crippen LogP contribution in [-0.2, 0) is 16.5 Å². The van der Waals surface area contributed by atoms with Gasteiger partial charge in [-0.1, -0.05) is 121 Å². The van der Waals surface area contributed by atoms with Crippen molar-refractivity contribution in [3.63, 3.8) is 0 Å². The van der Waals surface area contributed by atoms with E-state index in [2.05, 4.69) is 30.4 Å². The molecule has 0 saturated heterocycles. The zero-order valence-corrected chi connectivity index (χ0v) is 29.3. The van der Waals surface area contributed by atoms with E-state index in [1.807, 2.05) is 109 Å². The Kier molecular flexibility index (Phi) is 21.4. The molecule has 2 heterocycles. The summed E-state index contributed by atoms with van der Waals surface area (Å²) in [7, 11) is 0. The van der Waals surface area contributed by atoms with Gasteiger partial charge in [0, 0.05) is 60.1 Å². The van der Waals surface area contributed by atoms with Crippen molar-refractivity contribution in [2.24, 2.45) is 20.4 Å². The van der Waals surface area contributed by atoms with Crippen molar-refractivity contribution >= 4 is 36.4 Å². The minimum absolute atomic E-state index is 0. The summed E-state index contributed by atoms with van der Waals surface area (Å²) < 4.78 is 0. The fraction of sp³-hybridized carbons (Fsp3) is 0. The topological polar surface area (TPSA) is 162 Å². The molecule has 0 unspecified atom stereocenters. The molecule has 0 saturated carbocycles. The zero-order valence-electron chi connectivity index (χ0n) is 28.3. The molecule has 11 heteroatoms. The number of nitrogens with zero attached hydrogens (tertiary/aromatic N) is 6. The Bertz CT molecular complexity index is 1820. The molecule has 0 spiro atoms. The first-order chi connectivity index (χ1) is 25.5. The van der Waals surface area contributed by atoms with Gasteiger partial charge in [-0.3, -0.25) is 9.97 Å². The molecule has 0 aliphatic rings. The van der Waals surface area contributed by atoms with Crippen LogP contribution in [0.2, 0.25) is 0 Å². The molecule has 0 amide bonds. The Morgan fingerprint density at radius 3 is 1.08 bits per heavy atom. The quantitative estimate of drug-likeness (QED) is 0.0776. The van der Waals surface area contributed by atoms with Crippen LogP contribution in [0.5, 0.6) is 11.5 Å².